The molecule has 1 aliphatic rings. The van der Waals surface area contributed by atoms with Crippen molar-refractivity contribution in [3.63, 3.8) is 0 Å². The highest BCUT2D eigenvalue weighted by Crippen LogP contribution is 2.00. The lowest BCUT2D eigenvalue weighted by Crippen LogP contribution is -2.50. The second-order valence-corrected chi connectivity index (χ2v) is 4.70. The van der Waals surface area contributed by atoms with Crippen molar-refractivity contribution in [3.8, 4) is 0 Å². The van der Waals surface area contributed by atoms with Crippen LogP contribution in [0.15, 0.2) is 0 Å². The fraction of sp³-hybridized carbons (Fsp3) is 0.917. The molecule has 1 aliphatic heterocycles. The van der Waals surface area contributed by atoms with Crippen LogP contribution >= 0.6 is 0 Å². The monoisotopic (exact) mass is 242 g/mol. The number of hydrogen-bond donors (Lipinski definition) is 2. The summed E-state index contributed by atoms with van der Waals surface area (Å²) in [5.74, 6) is 0.136. The average molecular weight is 242 g/mol. The van der Waals surface area contributed by atoms with Gasteiger partial charge in [-0.2, -0.15) is 0 Å². The Labute approximate surface area is 105 Å². The van der Waals surface area contributed by atoms with E-state index in [0.717, 1.165) is 32.7 Å². The molecule has 0 aromatic heterocycles. The SMILES string of the molecule is CCN1CCN(CC(=O)NCC(C)NC)CC1. The van der Waals surface area contributed by atoms with Crippen molar-refractivity contribution in [2.75, 3.05) is 52.9 Å². The highest BCUT2D eigenvalue weighted by molar-refractivity contribution is 5.78. The lowest BCUT2D eigenvalue weighted by atomic mass is 10.3. The van der Waals surface area contributed by atoms with Gasteiger partial charge in [-0.1, -0.05) is 6.92 Å². The summed E-state index contributed by atoms with van der Waals surface area (Å²) in [7, 11) is 1.90. The van der Waals surface area contributed by atoms with E-state index in [0.29, 0.717) is 19.1 Å². The smallest absolute Gasteiger partial charge is 0.234 e. The van der Waals surface area contributed by atoms with Crippen molar-refractivity contribution >= 4 is 5.91 Å². The largest absolute Gasteiger partial charge is 0.353 e. The van der Waals surface area contributed by atoms with Crippen LogP contribution in [0.25, 0.3) is 0 Å². The lowest BCUT2D eigenvalue weighted by Gasteiger charge is -2.33. The topological polar surface area (TPSA) is 47.6 Å². The molecular formula is C12H26N4O. The minimum Gasteiger partial charge on any atom is -0.353 e. The molecule has 0 aromatic rings. The maximum Gasteiger partial charge on any atom is 0.234 e. The molecule has 1 atom stereocenters. The Kier molecular flexibility index (Phi) is 6.47. The number of nitrogens with one attached hydrogen (secondary N) is 2. The third kappa shape index (κ3) is 5.48. The molecule has 1 unspecified atom stereocenters. The summed E-state index contributed by atoms with van der Waals surface area (Å²) in [5.41, 5.74) is 0. The molecule has 2 N–H and O–H groups in total. The molecule has 0 aromatic carbocycles. The average Bonchev–Trinajstić information content (AvgIpc) is 2.36. The third-order valence-electron chi connectivity index (χ3n) is 3.38. The van der Waals surface area contributed by atoms with Gasteiger partial charge in [0, 0.05) is 38.8 Å². The molecule has 0 radical (unpaired) electrons. The van der Waals surface area contributed by atoms with Gasteiger partial charge in [0.1, 0.15) is 0 Å². The second kappa shape index (κ2) is 7.63. The zero-order valence-corrected chi connectivity index (χ0v) is 11.3. The van der Waals surface area contributed by atoms with Crippen LogP contribution in [0.2, 0.25) is 0 Å². The van der Waals surface area contributed by atoms with Gasteiger partial charge in [0.2, 0.25) is 5.91 Å². The van der Waals surface area contributed by atoms with Gasteiger partial charge in [0.05, 0.1) is 6.54 Å². The first kappa shape index (κ1) is 14.4. The molecule has 1 saturated heterocycles. The van der Waals surface area contributed by atoms with Crippen molar-refractivity contribution in [1.29, 1.82) is 0 Å². The quantitative estimate of drug-likeness (QED) is 0.650. The lowest BCUT2D eigenvalue weighted by molar-refractivity contribution is -0.122. The summed E-state index contributed by atoms with van der Waals surface area (Å²) in [6.45, 7) is 10.7. The van der Waals surface area contributed by atoms with Crippen LogP contribution in [-0.2, 0) is 4.79 Å². The standard InChI is InChI=1S/C12H26N4O/c1-4-15-5-7-16(8-6-15)10-12(17)14-9-11(2)13-3/h11,13H,4-10H2,1-3H3,(H,14,17). The number of amides is 1. The van der Waals surface area contributed by atoms with Gasteiger partial charge in [-0.3, -0.25) is 9.69 Å². The van der Waals surface area contributed by atoms with E-state index in [9.17, 15) is 4.79 Å². The number of piperazine rings is 1. The third-order valence-corrected chi connectivity index (χ3v) is 3.38. The molecule has 0 aliphatic carbocycles. The summed E-state index contributed by atoms with van der Waals surface area (Å²) in [5, 5.41) is 6.05. The first-order valence-corrected chi connectivity index (χ1v) is 6.54. The number of hydrogen-bond acceptors (Lipinski definition) is 4. The van der Waals surface area contributed by atoms with Gasteiger partial charge in [-0.25, -0.2) is 0 Å². The van der Waals surface area contributed by atoms with Gasteiger partial charge in [0.15, 0.2) is 0 Å². The molecule has 1 fully saturated rings. The number of rotatable bonds is 6. The predicted molar refractivity (Wildman–Crippen MR) is 70.1 cm³/mol. The molecule has 0 bridgehead atoms. The van der Waals surface area contributed by atoms with Gasteiger partial charge in [-0.15, -0.1) is 0 Å². The summed E-state index contributed by atoms with van der Waals surface area (Å²) >= 11 is 0. The first-order chi connectivity index (χ1) is 8.15. The Hall–Kier alpha value is -0.650. The van der Waals surface area contributed by atoms with E-state index in [1.165, 1.54) is 0 Å². The Morgan fingerprint density at radius 1 is 1.24 bits per heavy atom. The number of nitrogens with zero attached hydrogens (tertiary/aromatic N) is 2. The molecule has 1 rings (SSSR count). The number of carbonyl (C=O) groups is 1. The highest BCUT2D eigenvalue weighted by Gasteiger charge is 2.17. The normalized spacial score (nSPS) is 20.2. The van der Waals surface area contributed by atoms with E-state index in [1.54, 1.807) is 0 Å². The Bertz CT molecular complexity index is 227. The Morgan fingerprint density at radius 2 is 1.82 bits per heavy atom. The van der Waals surface area contributed by atoms with Crippen LogP contribution in [0.5, 0.6) is 0 Å². The molecule has 0 spiro atoms. The van der Waals surface area contributed by atoms with Crippen LogP contribution < -0.4 is 10.6 Å². The molecule has 0 saturated carbocycles. The van der Waals surface area contributed by atoms with Gasteiger partial charge in [0.25, 0.3) is 0 Å². The Morgan fingerprint density at radius 3 is 2.35 bits per heavy atom. The summed E-state index contributed by atoms with van der Waals surface area (Å²) in [6.07, 6.45) is 0. The molecule has 1 amide bonds. The van der Waals surface area contributed by atoms with E-state index in [4.69, 9.17) is 0 Å². The molecular weight excluding hydrogens is 216 g/mol. The maximum absolute atomic E-state index is 11.7. The maximum atomic E-state index is 11.7. The van der Waals surface area contributed by atoms with E-state index in [1.807, 2.05) is 7.05 Å². The number of carbonyl (C=O) groups excluding carboxylic acids is 1. The van der Waals surface area contributed by atoms with Crippen molar-refractivity contribution in [2.24, 2.45) is 0 Å². The highest BCUT2D eigenvalue weighted by atomic mass is 16.2. The minimum absolute atomic E-state index is 0.136. The Balaban J connectivity index is 2.15. The van der Waals surface area contributed by atoms with Crippen LogP contribution in [0.4, 0.5) is 0 Å². The van der Waals surface area contributed by atoms with Crippen LogP contribution in [0.3, 0.4) is 0 Å². The predicted octanol–water partition coefficient (Wildman–Crippen LogP) is -0.652. The minimum atomic E-state index is 0.136. The summed E-state index contributed by atoms with van der Waals surface area (Å²) in [6, 6.07) is 0.330. The van der Waals surface area contributed by atoms with E-state index < -0.39 is 0 Å². The zero-order chi connectivity index (χ0) is 12.7. The summed E-state index contributed by atoms with van der Waals surface area (Å²) < 4.78 is 0. The number of likely N-dealkylation sites (N-methyl/N-ethyl adjacent to an activating group) is 2. The fourth-order valence-electron chi connectivity index (χ4n) is 1.89. The molecule has 5 heteroatoms. The fourth-order valence-corrected chi connectivity index (χ4v) is 1.89. The molecule has 1 heterocycles. The molecule has 5 nitrogen and oxygen atoms in total. The van der Waals surface area contributed by atoms with Crippen LogP contribution in [0.1, 0.15) is 13.8 Å². The van der Waals surface area contributed by atoms with E-state index in [-0.39, 0.29) is 5.91 Å². The van der Waals surface area contributed by atoms with Crippen molar-refractivity contribution in [2.45, 2.75) is 19.9 Å². The zero-order valence-electron chi connectivity index (χ0n) is 11.3. The summed E-state index contributed by atoms with van der Waals surface area (Å²) in [4.78, 5) is 16.3. The van der Waals surface area contributed by atoms with Crippen LogP contribution in [-0.4, -0.2) is 74.6 Å². The second-order valence-electron chi connectivity index (χ2n) is 4.70. The van der Waals surface area contributed by atoms with Gasteiger partial charge in [-0.05, 0) is 20.5 Å². The van der Waals surface area contributed by atoms with E-state index in [2.05, 4.69) is 34.3 Å². The van der Waals surface area contributed by atoms with Crippen molar-refractivity contribution < 1.29 is 4.79 Å². The van der Waals surface area contributed by atoms with Gasteiger partial charge < -0.3 is 15.5 Å². The van der Waals surface area contributed by atoms with Crippen LogP contribution in [0, 0.1) is 0 Å². The van der Waals surface area contributed by atoms with Crippen molar-refractivity contribution in [3.05, 3.63) is 0 Å². The molecule has 17 heavy (non-hydrogen) atoms. The van der Waals surface area contributed by atoms with Gasteiger partial charge >= 0.3 is 0 Å². The molecule has 100 valence electrons. The van der Waals surface area contributed by atoms with Crippen molar-refractivity contribution in [1.82, 2.24) is 20.4 Å². The first-order valence-electron chi connectivity index (χ1n) is 6.54. The van der Waals surface area contributed by atoms with E-state index >= 15 is 0 Å².